The third kappa shape index (κ3) is 3.21. The number of carbonyl (C=O) groups is 3. The summed E-state index contributed by atoms with van der Waals surface area (Å²) in [5.41, 5.74) is 0.970. The zero-order valence-electron chi connectivity index (χ0n) is 16.0. The Hall–Kier alpha value is -3.16. The van der Waals surface area contributed by atoms with Crippen molar-refractivity contribution in [1.82, 2.24) is 5.01 Å². The number of amides is 3. The minimum absolute atomic E-state index is 0.351. The second kappa shape index (κ2) is 7.51. The van der Waals surface area contributed by atoms with Crippen molar-refractivity contribution in [1.29, 1.82) is 0 Å². The lowest BCUT2D eigenvalue weighted by Gasteiger charge is -2.30. The molecule has 0 spiro atoms. The van der Waals surface area contributed by atoms with E-state index in [1.54, 1.807) is 71.9 Å². The summed E-state index contributed by atoms with van der Waals surface area (Å²) >= 11 is 11.9. The van der Waals surface area contributed by atoms with E-state index < -0.39 is 35.7 Å². The number of hydrazone groups is 1. The van der Waals surface area contributed by atoms with Gasteiger partial charge in [0.15, 0.2) is 0 Å². The van der Waals surface area contributed by atoms with Crippen LogP contribution in [0.2, 0.25) is 10.0 Å². The van der Waals surface area contributed by atoms with Crippen LogP contribution in [0.1, 0.15) is 0 Å². The zero-order valence-corrected chi connectivity index (χ0v) is 17.5. The molecule has 0 aliphatic carbocycles. The van der Waals surface area contributed by atoms with Crippen LogP contribution in [0, 0.1) is 11.8 Å². The maximum absolute atomic E-state index is 13.4. The molecular formula is C22H16Cl2N4O3. The molecule has 3 amide bonds. The van der Waals surface area contributed by atoms with Crippen LogP contribution in [0.15, 0.2) is 65.8 Å². The summed E-state index contributed by atoms with van der Waals surface area (Å²) in [6.07, 6.45) is 5.07. The second-order valence-corrected chi connectivity index (χ2v) is 8.37. The van der Waals surface area contributed by atoms with Crippen molar-refractivity contribution in [3.05, 3.63) is 70.7 Å². The topological polar surface area (TPSA) is 82.1 Å². The Morgan fingerprint density at radius 1 is 0.903 bits per heavy atom. The first-order valence-electron chi connectivity index (χ1n) is 9.64. The van der Waals surface area contributed by atoms with E-state index in [0.29, 0.717) is 21.4 Å². The summed E-state index contributed by atoms with van der Waals surface area (Å²) < 4.78 is 0. The zero-order chi connectivity index (χ0) is 21.7. The molecule has 2 aromatic carbocycles. The molecule has 31 heavy (non-hydrogen) atoms. The molecular weight excluding hydrogens is 439 g/mol. The van der Waals surface area contributed by atoms with E-state index in [2.05, 4.69) is 10.4 Å². The van der Waals surface area contributed by atoms with Gasteiger partial charge in [0.1, 0.15) is 6.04 Å². The molecule has 0 bridgehead atoms. The van der Waals surface area contributed by atoms with Crippen LogP contribution < -0.4 is 10.2 Å². The first-order chi connectivity index (χ1) is 15.0. The maximum Gasteiger partial charge on any atom is 0.249 e. The third-order valence-electron chi connectivity index (χ3n) is 5.76. The highest BCUT2D eigenvalue weighted by Crippen LogP contribution is 2.45. The second-order valence-electron chi connectivity index (χ2n) is 7.50. The Bertz CT molecular complexity index is 1120. The van der Waals surface area contributed by atoms with Gasteiger partial charge in [0.2, 0.25) is 17.7 Å². The standard InChI is InChI=1S/C22H16Cl2N4O3/c23-12-3-7-14(8-4-12)26-20(29)19-18-17(16-2-1-11-25-28(16)19)21(30)27(22(18)31)15-9-5-13(24)6-10-15/h1-11,16-19H,(H,26,29)/t16-,17-,18+,19-/m0/s1. The number of carbonyl (C=O) groups excluding carboxylic acids is 3. The van der Waals surface area contributed by atoms with Gasteiger partial charge < -0.3 is 5.32 Å². The average Bonchev–Trinajstić information content (AvgIpc) is 3.24. The van der Waals surface area contributed by atoms with Gasteiger partial charge in [-0.25, -0.2) is 4.90 Å². The molecule has 3 aliphatic heterocycles. The molecule has 2 aromatic rings. The number of nitrogens with one attached hydrogen (secondary N) is 1. The van der Waals surface area contributed by atoms with Gasteiger partial charge in [-0.15, -0.1) is 0 Å². The first-order valence-corrected chi connectivity index (χ1v) is 10.4. The monoisotopic (exact) mass is 454 g/mol. The van der Waals surface area contributed by atoms with Gasteiger partial charge in [-0.3, -0.25) is 19.4 Å². The van der Waals surface area contributed by atoms with Gasteiger partial charge >= 0.3 is 0 Å². The van der Waals surface area contributed by atoms with Crippen molar-refractivity contribution in [2.45, 2.75) is 12.1 Å². The molecule has 2 saturated heterocycles. The Balaban J connectivity index is 1.50. The third-order valence-corrected chi connectivity index (χ3v) is 6.26. The molecule has 2 fully saturated rings. The van der Waals surface area contributed by atoms with Crippen LogP contribution in [0.4, 0.5) is 11.4 Å². The van der Waals surface area contributed by atoms with Crippen molar-refractivity contribution >= 4 is 58.5 Å². The SMILES string of the molecule is O=C(Nc1ccc(Cl)cc1)[C@@H]1[C@@H]2C(=O)N(c3ccc(Cl)cc3)C(=O)[C@H]2[C@@H]2C=CC=NN12. The quantitative estimate of drug-likeness (QED) is 0.720. The van der Waals surface area contributed by atoms with Gasteiger partial charge in [-0.05, 0) is 54.6 Å². The van der Waals surface area contributed by atoms with Gasteiger partial charge in [0, 0.05) is 21.9 Å². The molecule has 5 rings (SSSR count). The number of allylic oxidation sites excluding steroid dienone is 1. The lowest BCUT2D eigenvalue weighted by molar-refractivity contribution is -0.129. The van der Waals surface area contributed by atoms with Gasteiger partial charge in [-0.1, -0.05) is 29.3 Å². The number of fused-ring (bicyclic) bond motifs is 3. The normalized spacial score (nSPS) is 26.3. The Morgan fingerprint density at radius 2 is 1.52 bits per heavy atom. The first kappa shape index (κ1) is 19.8. The van der Waals surface area contributed by atoms with Crippen LogP contribution in [0.25, 0.3) is 0 Å². The highest BCUT2D eigenvalue weighted by molar-refractivity contribution is 6.31. The lowest BCUT2D eigenvalue weighted by atomic mass is 9.88. The van der Waals surface area contributed by atoms with E-state index in [0.717, 1.165) is 4.90 Å². The fourth-order valence-corrected chi connectivity index (χ4v) is 4.68. The van der Waals surface area contributed by atoms with Gasteiger partial charge in [0.25, 0.3) is 0 Å². The fraction of sp³-hybridized carbons (Fsp3) is 0.182. The van der Waals surface area contributed by atoms with E-state index >= 15 is 0 Å². The molecule has 0 saturated carbocycles. The molecule has 156 valence electrons. The molecule has 0 unspecified atom stereocenters. The highest BCUT2D eigenvalue weighted by atomic mass is 35.5. The Labute approximate surface area is 187 Å². The smallest absolute Gasteiger partial charge is 0.249 e. The summed E-state index contributed by atoms with van der Waals surface area (Å²) in [6.45, 7) is 0. The molecule has 0 aromatic heterocycles. The molecule has 3 heterocycles. The van der Waals surface area contributed by atoms with Crippen LogP contribution in [-0.2, 0) is 14.4 Å². The number of benzene rings is 2. The maximum atomic E-state index is 13.4. The van der Waals surface area contributed by atoms with E-state index in [1.165, 1.54) is 0 Å². The van der Waals surface area contributed by atoms with Crippen LogP contribution in [-0.4, -0.2) is 41.0 Å². The summed E-state index contributed by atoms with van der Waals surface area (Å²) in [5.74, 6) is -2.76. The number of rotatable bonds is 3. The molecule has 1 N–H and O–H groups in total. The fourth-order valence-electron chi connectivity index (χ4n) is 4.43. The number of hydrogen-bond donors (Lipinski definition) is 1. The van der Waals surface area contributed by atoms with E-state index in [1.807, 2.05) is 0 Å². The number of anilines is 2. The molecule has 9 heteroatoms. The van der Waals surface area contributed by atoms with Crippen molar-refractivity contribution in [2.24, 2.45) is 16.9 Å². The van der Waals surface area contributed by atoms with Crippen molar-refractivity contribution in [2.75, 3.05) is 10.2 Å². The minimum Gasteiger partial charge on any atom is -0.324 e. The van der Waals surface area contributed by atoms with Crippen LogP contribution in [0.3, 0.4) is 0 Å². The molecule has 7 nitrogen and oxygen atoms in total. The average molecular weight is 455 g/mol. The Kier molecular flexibility index (Phi) is 4.79. The van der Waals surface area contributed by atoms with Crippen LogP contribution in [0.5, 0.6) is 0 Å². The largest absolute Gasteiger partial charge is 0.324 e. The summed E-state index contributed by atoms with van der Waals surface area (Å²) in [5, 5.41) is 9.72. The van der Waals surface area contributed by atoms with Crippen LogP contribution >= 0.6 is 23.2 Å². The van der Waals surface area contributed by atoms with Crippen molar-refractivity contribution < 1.29 is 14.4 Å². The predicted molar refractivity (Wildman–Crippen MR) is 118 cm³/mol. The van der Waals surface area contributed by atoms with E-state index in [9.17, 15) is 14.4 Å². The van der Waals surface area contributed by atoms with Crippen molar-refractivity contribution in [3.63, 3.8) is 0 Å². The van der Waals surface area contributed by atoms with Gasteiger partial charge in [0.05, 0.1) is 23.6 Å². The van der Waals surface area contributed by atoms with E-state index in [4.69, 9.17) is 23.2 Å². The molecule has 4 atom stereocenters. The number of hydrogen-bond acceptors (Lipinski definition) is 5. The lowest BCUT2D eigenvalue weighted by Crippen LogP contribution is -2.47. The summed E-state index contributed by atoms with van der Waals surface area (Å²) in [4.78, 5) is 41.1. The summed E-state index contributed by atoms with van der Waals surface area (Å²) in [6, 6.07) is 11.7. The summed E-state index contributed by atoms with van der Waals surface area (Å²) in [7, 11) is 0. The highest BCUT2D eigenvalue weighted by Gasteiger charge is 2.64. The number of imide groups is 1. The van der Waals surface area contributed by atoms with E-state index in [-0.39, 0.29) is 5.91 Å². The number of nitrogens with zero attached hydrogens (tertiary/aromatic N) is 3. The van der Waals surface area contributed by atoms with Crippen molar-refractivity contribution in [3.8, 4) is 0 Å². The predicted octanol–water partition coefficient (Wildman–Crippen LogP) is 3.35. The molecule has 0 radical (unpaired) electrons. The number of halogens is 2. The van der Waals surface area contributed by atoms with Gasteiger partial charge in [-0.2, -0.15) is 5.10 Å². The minimum atomic E-state index is -0.930. The Morgan fingerprint density at radius 3 is 2.19 bits per heavy atom. The molecule has 3 aliphatic rings.